The molecule has 0 atom stereocenters. The van der Waals surface area contributed by atoms with Gasteiger partial charge in [0.2, 0.25) is 0 Å². The standard InChI is InChI=1S/C22H19N5O2/c28-22(26-29)17-11-13-18(14-12-17)23-15-20-24-21(16-7-3-1-4-8-16)25-27(20)19-9-5-2-6-10-19/h1-14,23,29H,15H2,(H,26,28). The molecule has 3 aromatic carbocycles. The molecule has 0 bridgehead atoms. The molecule has 3 N–H and O–H groups in total. The molecule has 1 aromatic heterocycles. The zero-order valence-electron chi connectivity index (χ0n) is 15.5. The Labute approximate surface area is 167 Å². The van der Waals surface area contributed by atoms with Crippen LogP contribution in [0.1, 0.15) is 16.2 Å². The maximum atomic E-state index is 11.4. The third-order valence-corrected chi connectivity index (χ3v) is 4.41. The van der Waals surface area contributed by atoms with Crippen molar-refractivity contribution in [2.45, 2.75) is 6.54 Å². The number of nitrogens with one attached hydrogen (secondary N) is 2. The van der Waals surface area contributed by atoms with Gasteiger partial charge in [0.15, 0.2) is 11.6 Å². The minimum atomic E-state index is -0.548. The van der Waals surface area contributed by atoms with E-state index in [1.807, 2.05) is 65.3 Å². The van der Waals surface area contributed by atoms with Gasteiger partial charge in [0.25, 0.3) is 5.91 Å². The third kappa shape index (κ3) is 4.15. The average molecular weight is 385 g/mol. The lowest BCUT2D eigenvalue weighted by molar-refractivity contribution is 0.0706. The summed E-state index contributed by atoms with van der Waals surface area (Å²) in [5.41, 5.74) is 4.69. The molecule has 4 aromatic rings. The van der Waals surface area contributed by atoms with E-state index in [4.69, 9.17) is 15.3 Å². The highest BCUT2D eigenvalue weighted by Gasteiger charge is 2.13. The van der Waals surface area contributed by atoms with E-state index < -0.39 is 5.91 Å². The number of nitrogens with zero attached hydrogens (tertiary/aromatic N) is 3. The van der Waals surface area contributed by atoms with E-state index in [0.29, 0.717) is 17.9 Å². The number of benzene rings is 3. The van der Waals surface area contributed by atoms with Crippen LogP contribution in [-0.4, -0.2) is 25.9 Å². The highest BCUT2D eigenvalue weighted by atomic mass is 16.5. The Balaban J connectivity index is 1.60. The molecule has 0 saturated carbocycles. The van der Waals surface area contributed by atoms with Crippen LogP contribution in [0.5, 0.6) is 0 Å². The van der Waals surface area contributed by atoms with Gasteiger partial charge >= 0.3 is 0 Å². The largest absolute Gasteiger partial charge is 0.378 e. The summed E-state index contributed by atoms with van der Waals surface area (Å²) in [7, 11) is 0. The molecule has 0 spiro atoms. The molecule has 29 heavy (non-hydrogen) atoms. The van der Waals surface area contributed by atoms with Crippen LogP contribution in [0.2, 0.25) is 0 Å². The van der Waals surface area contributed by atoms with E-state index in [9.17, 15) is 4.79 Å². The van der Waals surface area contributed by atoms with Crippen molar-refractivity contribution in [3.63, 3.8) is 0 Å². The predicted octanol–water partition coefficient (Wildman–Crippen LogP) is 3.67. The molecular formula is C22H19N5O2. The lowest BCUT2D eigenvalue weighted by atomic mass is 10.2. The van der Waals surface area contributed by atoms with Crippen molar-refractivity contribution in [1.29, 1.82) is 0 Å². The van der Waals surface area contributed by atoms with Gasteiger partial charge in [0, 0.05) is 16.8 Å². The fourth-order valence-corrected chi connectivity index (χ4v) is 2.93. The minimum absolute atomic E-state index is 0.372. The quantitative estimate of drug-likeness (QED) is 0.348. The first-order valence-corrected chi connectivity index (χ1v) is 9.10. The number of carbonyl (C=O) groups excluding carboxylic acids is 1. The first kappa shape index (κ1) is 18.4. The van der Waals surface area contributed by atoms with Crippen LogP contribution < -0.4 is 10.8 Å². The van der Waals surface area contributed by atoms with Crippen LogP contribution in [0, 0.1) is 0 Å². The number of para-hydroxylation sites is 1. The SMILES string of the molecule is O=C(NO)c1ccc(NCc2nc(-c3ccccc3)nn2-c2ccccc2)cc1. The van der Waals surface area contributed by atoms with Gasteiger partial charge in [-0.25, -0.2) is 15.1 Å². The fourth-order valence-electron chi connectivity index (χ4n) is 2.93. The number of amides is 1. The van der Waals surface area contributed by atoms with Crippen molar-refractivity contribution in [2.24, 2.45) is 0 Å². The van der Waals surface area contributed by atoms with Crippen molar-refractivity contribution in [1.82, 2.24) is 20.2 Å². The first-order chi connectivity index (χ1) is 14.2. The lowest BCUT2D eigenvalue weighted by Gasteiger charge is -2.08. The van der Waals surface area contributed by atoms with Gasteiger partial charge in [0.05, 0.1) is 12.2 Å². The van der Waals surface area contributed by atoms with Crippen molar-refractivity contribution < 1.29 is 10.0 Å². The molecule has 0 radical (unpaired) electrons. The zero-order valence-corrected chi connectivity index (χ0v) is 15.5. The molecule has 1 amide bonds. The summed E-state index contributed by atoms with van der Waals surface area (Å²) in [6.07, 6.45) is 0. The van der Waals surface area contributed by atoms with E-state index in [-0.39, 0.29) is 0 Å². The minimum Gasteiger partial charge on any atom is -0.378 e. The Morgan fingerprint density at radius 3 is 2.21 bits per heavy atom. The molecule has 7 heteroatoms. The molecule has 0 aliphatic carbocycles. The molecular weight excluding hydrogens is 366 g/mol. The second kappa shape index (κ2) is 8.37. The summed E-state index contributed by atoms with van der Waals surface area (Å²) in [6, 6.07) is 26.5. The number of carbonyl (C=O) groups is 1. The van der Waals surface area contributed by atoms with Gasteiger partial charge in [-0.15, -0.1) is 5.10 Å². The predicted molar refractivity (Wildman–Crippen MR) is 110 cm³/mol. The Hall–Kier alpha value is -3.97. The fraction of sp³-hybridized carbons (Fsp3) is 0.0455. The highest BCUT2D eigenvalue weighted by Crippen LogP contribution is 2.19. The molecule has 4 rings (SSSR count). The van der Waals surface area contributed by atoms with E-state index in [0.717, 1.165) is 22.8 Å². The van der Waals surface area contributed by atoms with Gasteiger partial charge in [-0.3, -0.25) is 10.0 Å². The molecule has 0 saturated heterocycles. The molecule has 0 aliphatic rings. The van der Waals surface area contributed by atoms with Crippen LogP contribution >= 0.6 is 0 Å². The Morgan fingerprint density at radius 1 is 0.897 bits per heavy atom. The van der Waals surface area contributed by atoms with Crippen molar-refractivity contribution >= 4 is 11.6 Å². The van der Waals surface area contributed by atoms with Crippen molar-refractivity contribution in [2.75, 3.05) is 5.32 Å². The number of hydrogen-bond acceptors (Lipinski definition) is 5. The highest BCUT2D eigenvalue weighted by molar-refractivity contribution is 5.93. The second-order valence-corrected chi connectivity index (χ2v) is 6.34. The molecule has 144 valence electrons. The van der Waals surface area contributed by atoms with Crippen LogP contribution in [0.15, 0.2) is 84.9 Å². The summed E-state index contributed by atoms with van der Waals surface area (Å²) in [4.78, 5) is 16.2. The van der Waals surface area contributed by atoms with Crippen LogP contribution in [0.25, 0.3) is 17.1 Å². The lowest BCUT2D eigenvalue weighted by Crippen LogP contribution is -2.18. The van der Waals surface area contributed by atoms with Crippen molar-refractivity contribution in [3.8, 4) is 17.1 Å². The summed E-state index contributed by atoms with van der Waals surface area (Å²) < 4.78 is 1.82. The average Bonchev–Trinajstić information content (AvgIpc) is 3.23. The summed E-state index contributed by atoms with van der Waals surface area (Å²) in [5, 5.41) is 16.7. The third-order valence-electron chi connectivity index (χ3n) is 4.41. The molecule has 7 nitrogen and oxygen atoms in total. The summed E-state index contributed by atoms with van der Waals surface area (Å²) in [6.45, 7) is 0.445. The van der Waals surface area contributed by atoms with E-state index in [1.165, 1.54) is 0 Å². The Morgan fingerprint density at radius 2 is 1.55 bits per heavy atom. The van der Waals surface area contributed by atoms with E-state index >= 15 is 0 Å². The Bertz CT molecular complexity index is 1090. The smallest absolute Gasteiger partial charge is 0.274 e. The summed E-state index contributed by atoms with van der Waals surface area (Å²) >= 11 is 0. The van der Waals surface area contributed by atoms with Crippen molar-refractivity contribution in [3.05, 3.63) is 96.3 Å². The van der Waals surface area contributed by atoms with Crippen LogP contribution in [-0.2, 0) is 6.54 Å². The molecule has 1 heterocycles. The number of anilines is 1. The number of aromatic nitrogens is 3. The maximum Gasteiger partial charge on any atom is 0.274 e. The van der Waals surface area contributed by atoms with Crippen LogP contribution in [0.4, 0.5) is 5.69 Å². The Kier molecular flexibility index (Phi) is 5.31. The number of rotatable bonds is 6. The maximum absolute atomic E-state index is 11.4. The molecule has 0 fully saturated rings. The molecule has 0 unspecified atom stereocenters. The normalized spacial score (nSPS) is 10.5. The van der Waals surface area contributed by atoms with E-state index in [1.54, 1.807) is 29.7 Å². The topological polar surface area (TPSA) is 92.1 Å². The van der Waals surface area contributed by atoms with Gasteiger partial charge < -0.3 is 5.32 Å². The zero-order chi connectivity index (χ0) is 20.1. The van der Waals surface area contributed by atoms with Gasteiger partial charge in [-0.2, -0.15) is 0 Å². The second-order valence-electron chi connectivity index (χ2n) is 6.34. The first-order valence-electron chi connectivity index (χ1n) is 9.10. The summed E-state index contributed by atoms with van der Waals surface area (Å²) in [5.74, 6) is 0.862. The monoisotopic (exact) mass is 385 g/mol. The van der Waals surface area contributed by atoms with Crippen LogP contribution in [0.3, 0.4) is 0 Å². The van der Waals surface area contributed by atoms with Gasteiger partial charge in [-0.05, 0) is 36.4 Å². The number of hydroxylamine groups is 1. The van der Waals surface area contributed by atoms with Gasteiger partial charge in [0.1, 0.15) is 0 Å². The number of hydrogen-bond donors (Lipinski definition) is 3. The van der Waals surface area contributed by atoms with Gasteiger partial charge in [-0.1, -0.05) is 48.5 Å². The van der Waals surface area contributed by atoms with E-state index in [2.05, 4.69) is 5.32 Å². The molecule has 0 aliphatic heterocycles.